The summed E-state index contributed by atoms with van der Waals surface area (Å²) in [5.41, 5.74) is -0.624. The van der Waals surface area contributed by atoms with Crippen molar-refractivity contribution in [2.45, 2.75) is 39.2 Å². The van der Waals surface area contributed by atoms with Gasteiger partial charge in [-0.3, -0.25) is 0 Å². The van der Waals surface area contributed by atoms with E-state index in [-0.39, 0.29) is 0 Å². The quantitative estimate of drug-likeness (QED) is 0.601. The van der Waals surface area contributed by atoms with Gasteiger partial charge in [0.1, 0.15) is 0 Å². The molecule has 0 radical (unpaired) electrons. The van der Waals surface area contributed by atoms with Crippen molar-refractivity contribution in [3.8, 4) is 0 Å². The van der Waals surface area contributed by atoms with Gasteiger partial charge < -0.3 is 15.3 Å². The van der Waals surface area contributed by atoms with Crippen LogP contribution in [0.1, 0.15) is 33.6 Å². The van der Waals surface area contributed by atoms with Crippen LogP contribution >= 0.6 is 0 Å². The summed E-state index contributed by atoms with van der Waals surface area (Å²) < 4.78 is 0. The molecule has 0 aliphatic rings. The van der Waals surface area contributed by atoms with E-state index in [1.54, 1.807) is 0 Å². The second kappa shape index (κ2) is 7.20. The average Bonchev–Trinajstić information content (AvgIpc) is 1.99. The molecule has 15 heavy (non-hydrogen) atoms. The fraction of sp³-hybridized carbons (Fsp3) is 1.00. The standard InChI is InChI=1S/C12H28N2O/c1-11(2)7-6-8-13-9-12(3,15)10-14(4)5/h11,13,15H,6-10H2,1-5H3. The number of nitrogens with one attached hydrogen (secondary N) is 1. The molecule has 3 nitrogen and oxygen atoms in total. The molecule has 0 bridgehead atoms. The van der Waals surface area contributed by atoms with Crippen LogP contribution in [0.4, 0.5) is 0 Å². The van der Waals surface area contributed by atoms with E-state index in [2.05, 4.69) is 19.2 Å². The summed E-state index contributed by atoms with van der Waals surface area (Å²) in [6.07, 6.45) is 2.44. The summed E-state index contributed by atoms with van der Waals surface area (Å²) in [4.78, 5) is 2.01. The molecule has 0 aromatic carbocycles. The minimum atomic E-state index is -0.624. The molecule has 2 N–H and O–H groups in total. The zero-order valence-corrected chi connectivity index (χ0v) is 11.0. The molecule has 0 saturated heterocycles. The Morgan fingerprint density at radius 1 is 1.33 bits per heavy atom. The smallest absolute Gasteiger partial charge is 0.0869 e. The molecule has 0 fully saturated rings. The molecule has 1 atom stereocenters. The van der Waals surface area contributed by atoms with Crippen LogP contribution in [0, 0.1) is 5.92 Å². The van der Waals surface area contributed by atoms with E-state index < -0.39 is 5.60 Å². The van der Waals surface area contributed by atoms with Crippen molar-refractivity contribution in [1.82, 2.24) is 10.2 Å². The monoisotopic (exact) mass is 216 g/mol. The maximum absolute atomic E-state index is 9.99. The van der Waals surface area contributed by atoms with Gasteiger partial charge in [0.15, 0.2) is 0 Å². The molecule has 0 rings (SSSR count). The first-order chi connectivity index (χ1) is 6.83. The van der Waals surface area contributed by atoms with Gasteiger partial charge in [-0.05, 0) is 46.3 Å². The van der Waals surface area contributed by atoms with Crippen LogP contribution in [-0.2, 0) is 0 Å². The van der Waals surface area contributed by atoms with Crippen LogP contribution in [0.2, 0.25) is 0 Å². The van der Waals surface area contributed by atoms with Gasteiger partial charge in [-0.25, -0.2) is 0 Å². The Morgan fingerprint density at radius 2 is 1.93 bits per heavy atom. The van der Waals surface area contributed by atoms with E-state index in [1.807, 2.05) is 25.9 Å². The van der Waals surface area contributed by atoms with E-state index >= 15 is 0 Å². The number of rotatable bonds is 8. The van der Waals surface area contributed by atoms with E-state index in [0.29, 0.717) is 13.1 Å². The molecular formula is C12H28N2O. The second-order valence-corrected chi connectivity index (χ2v) is 5.45. The van der Waals surface area contributed by atoms with Crippen molar-refractivity contribution >= 4 is 0 Å². The van der Waals surface area contributed by atoms with E-state index in [1.165, 1.54) is 12.8 Å². The fourth-order valence-electron chi connectivity index (χ4n) is 1.73. The normalized spacial score (nSPS) is 16.0. The summed E-state index contributed by atoms with van der Waals surface area (Å²) in [7, 11) is 3.96. The average molecular weight is 216 g/mol. The molecule has 92 valence electrons. The third-order valence-corrected chi connectivity index (χ3v) is 2.30. The van der Waals surface area contributed by atoms with Crippen LogP contribution < -0.4 is 5.32 Å². The first-order valence-electron chi connectivity index (χ1n) is 5.91. The van der Waals surface area contributed by atoms with Crippen molar-refractivity contribution < 1.29 is 5.11 Å². The summed E-state index contributed by atoms with van der Waals surface area (Å²) in [5.74, 6) is 0.772. The predicted octanol–water partition coefficient (Wildman–Crippen LogP) is 1.32. The topological polar surface area (TPSA) is 35.5 Å². The summed E-state index contributed by atoms with van der Waals surface area (Å²) in [5, 5.41) is 13.3. The highest BCUT2D eigenvalue weighted by molar-refractivity contribution is 4.77. The van der Waals surface area contributed by atoms with Crippen LogP contribution in [0.25, 0.3) is 0 Å². The Balaban J connectivity index is 3.48. The van der Waals surface area contributed by atoms with Crippen molar-refractivity contribution in [2.24, 2.45) is 5.92 Å². The predicted molar refractivity (Wildman–Crippen MR) is 66.1 cm³/mol. The number of hydrogen-bond donors (Lipinski definition) is 2. The minimum absolute atomic E-state index is 0.624. The molecule has 0 aliphatic carbocycles. The van der Waals surface area contributed by atoms with Crippen molar-refractivity contribution in [3.05, 3.63) is 0 Å². The molecule has 0 aromatic rings. The number of hydrogen-bond acceptors (Lipinski definition) is 3. The van der Waals surface area contributed by atoms with Gasteiger partial charge in [-0.2, -0.15) is 0 Å². The molecule has 0 saturated carbocycles. The first kappa shape index (κ1) is 14.9. The maximum atomic E-state index is 9.99. The van der Waals surface area contributed by atoms with Crippen LogP contribution in [-0.4, -0.2) is 49.3 Å². The van der Waals surface area contributed by atoms with Gasteiger partial charge in [0.25, 0.3) is 0 Å². The fourth-order valence-corrected chi connectivity index (χ4v) is 1.73. The van der Waals surface area contributed by atoms with E-state index in [4.69, 9.17) is 0 Å². The van der Waals surface area contributed by atoms with Gasteiger partial charge in [0.2, 0.25) is 0 Å². The third-order valence-electron chi connectivity index (χ3n) is 2.30. The first-order valence-corrected chi connectivity index (χ1v) is 5.91. The van der Waals surface area contributed by atoms with Crippen LogP contribution in [0.15, 0.2) is 0 Å². The zero-order valence-electron chi connectivity index (χ0n) is 11.0. The summed E-state index contributed by atoms with van der Waals surface area (Å²) >= 11 is 0. The Kier molecular flexibility index (Phi) is 7.14. The van der Waals surface area contributed by atoms with E-state index in [0.717, 1.165) is 12.5 Å². The second-order valence-electron chi connectivity index (χ2n) is 5.45. The third kappa shape index (κ3) is 10.2. The highest BCUT2D eigenvalue weighted by Crippen LogP contribution is 2.04. The van der Waals surface area contributed by atoms with Crippen molar-refractivity contribution in [3.63, 3.8) is 0 Å². The maximum Gasteiger partial charge on any atom is 0.0869 e. The zero-order chi connectivity index (χ0) is 11.9. The van der Waals surface area contributed by atoms with Gasteiger partial charge in [0, 0.05) is 13.1 Å². The van der Waals surface area contributed by atoms with Gasteiger partial charge in [-0.1, -0.05) is 13.8 Å². The van der Waals surface area contributed by atoms with Gasteiger partial charge in [-0.15, -0.1) is 0 Å². The highest BCUT2D eigenvalue weighted by Gasteiger charge is 2.20. The number of likely N-dealkylation sites (N-methyl/N-ethyl adjacent to an activating group) is 1. The van der Waals surface area contributed by atoms with Crippen LogP contribution in [0.5, 0.6) is 0 Å². The minimum Gasteiger partial charge on any atom is -0.388 e. The molecule has 0 heterocycles. The Bertz CT molecular complexity index is 156. The largest absolute Gasteiger partial charge is 0.388 e. The summed E-state index contributed by atoms with van der Waals surface area (Å²) in [6.45, 7) is 8.72. The molecular weight excluding hydrogens is 188 g/mol. The summed E-state index contributed by atoms with van der Waals surface area (Å²) in [6, 6.07) is 0. The molecule has 0 aromatic heterocycles. The highest BCUT2D eigenvalue weighted by atomic mass is 16.3. The number of nitrogens with zero attached hydrogens (tertiary/aromatic N) is 1. The molecule has 0 aliphatic heterocycles. The lowest BCUT2D eigenvalue weighted by Crippen LogP contribution is -2.45. The SMILES string of the molecule is CC(C)CCCNCC(C)(O)CN(C)C. The Labute approximate surface area is 94.9 Å². The van der Waals surface area contributed by atoms with Crippen LogP contribution in [0.3, 0.4) is 0 Å². The van der Waals surface area contributed by atoms with Gasteiger partial charge in [0.05, 0.1) is 5.60 Å². The number of aliphatic hydroxyl groups is 1. The van der Waals surface area contributed by atoms with Gasteiger partial charge >= 0.3 is 0 Å². The van der Waals surface area contributed by atoms with Crippen molar-refractivity contribution in [2.75, 3.05) is 33.7 Å². The Morgan fingerprint density at radius 3 is 2.40 bits per heavy atom. The van der Waals surface area contributed by atoms with E-state index in [9.17, 15) is 5.11 Å². The molecule has 3 heteroatoms. The lowest BCUT2D eigenvalue weighted by molar-refractivity contribution is 0.0339. The molecule has 1 unspecified atom stereocenters. The molecule has 0 spiro atoms. The lowest BCUT2D eigenvalue weighted by Gasteiger charge is -2.27. The Hall–Kier alpha value is -0.120. The molecule has 0 amide bonds. The lowest BCUT2D eigenvalue weighted by atomic mass is 10.1. The van der Waals surface area contributed by atoms with Crippen molar-refractivity contribution in [1.29, 1.82) is 0 Å².